The number of hydrogen-bond acceptors (Lipinski definition) is 3. The van der Waals surface area contributed by atoms with Crippen LogP contribution in [-0.4, -0.2) is 21.1 Å². The Hall–Kier alpha value is -1.03. The van der Waals surface area contributed by atoms with Crippen LogP contribution < -0.4 is 5.73 Å². The Bertz CT molecular complexity index is 378. The number of nitrogens with two attached hydrogens (primary N) is 1. The van der Waals surface area contributed by atoms with Crippen molar-refractivity contribution in [3.63, 3.8) is 0 Å². The van der Waals surface area contributed by atoms with Gasteiger partial charge in [-0.1, -0.05) is 13.8 Å². The summed E-state index contributed by atoms with van der Waals surface area (Å²) in [5.41, 5.74) is 8.36. The molecule has 3 rings (SSSR count). The van der Waals surface area contributed by atoms with E-state index in [4.69, 9.17) is 5.73 Å². The van der Waals surface area contributed by atoms with E-state index in [0.29, 0.717) is 17.8 Å². The van der Waals surface area contributed by atoms with Gasteiger partial charge in [0, 0.05) is 18.2 Å². The third kappa shape index (κ3) is 1.28. The smallest absolute Gasteiger partial charge is 0.150 e. The van der Waals surface area contributed by atoms with Gasteiger partial charge >= 0.3 is 0 Å². The molecule has 2 aliphatic rings. The van der Waals surface area contributed by atoms with E-state index in [1.807, 2.05) is 0 Å². The number of fused-ring (bicyclic) bond motifs is 1. The molecule has 0 spiro atoms. The zero-order valence-electron chi connectivity index (χ0n) is 9.33. The molecule has 15 heavy (non-hydrogen) atoms. The first-order valence-corrected chi connectivity index (χ1v) is 5.77. The van der Waals surface area contributed by atoms with Crippen molar-refractivity contribution < 1.29 is 0 Å². The lowest BCUT2D eigenvalue weighted by Gasteiger charge is -2.27. The van der Waals surface area contributed by atoms with Crippen molar-refractivity contribution in [1.82, 2.24) is 15.1 Å². The Morgan fingerprint density at radius 1 is 1.47 bits per heavy atom. The van der Waals surface area contributed by atoms with E-state index in [0.717, 1.165) is 12.6 Å². The molecule has 82 valence electrons. The van der Waals surface area contributed by atoms with Crippen LogP contribution in [0, 0.1) is 5.92 Å². The van der Waals surface area contributed by atoms with Crippen LogP contribution in [0.5, 0.6) is 0 Å². The lowest BCUT2D eigenvalue weighted by atomic mass is 10.0. The van der Waals surface area contributed by atoms with E-state index in [-0.39, 0.29) is 0 Å². The second kappa shape index (κ2) is 2.98. The Balaban J connectivity index is 1.98. The van der Waals surface area contributed by atoms with Gasteiger partial charge in [0.15, 0.2) is 0 Å². The molecule has 1 aromatic heterocycles. The zero-order chi connectivity index (χ0) is 10.6. The van der Waals surface area contributed by atoms with Gasteiger partial charge < -0.3 is 5.73 Å². The van der Waals surface area contributed by atoms with E-state index in [1.54, 1.807) is 0 Å². The molecule has 1 unspecified atom stereocenters. The standard InChI is InChI=1S/C11H18N4/c1-6(2)10-9-8(11(12)14-13-9)5-15(10)7-3-4-7/h6-7,10H,3-5H2,1-2H3,(H3,12,13,14). The largest absolute Gasteiger partial charge is 0.382 e. The monoisotopic (exact) mass is 206 g/mol. The molecule has 1 fully saturated rings. The molecular weight excluding hydrogens is 188 g/mol. The Labute approximate surface area is 89.8 Å². The molecule has 1 atom stereocenters. The van der Waals surface area contributed by atoms with Crippen LogP contribution >= 0.6 is 0 Å². The van der Waals surface area contributed by atoms with E-state index in [1.165, 1.54) is 24.1 Å². The van der Waals surface area contributed by atoms with E-state index in [2.05, 4.69) is 28.9 Å². The minimum atomic E-state index is 0.497. The molecule has 4 heteroatoms. The van der Waals surface area contributed by atoms with Crippen molar-refractivity contribution in [3.05, 3.63) is 11.3 Å². The van der Waals surface area contributed by atoms with Crippen molar-refractivity contribution >= 4 is 5.82 Å². The second-order valence-corrected chi connectivity index (χ2v) is 5.09. The number of anilines is 1. The summed E-state index contributed by atoms with van der Waals surface area (Å²) in [7, 11) is 0. The predicted octanol–water partition coefficient (Wildman–Crippen LogP) is 1.67. The lowest BCUT2D eigenvalue weighted by molar-refractivity contribution is 0.159. The Kier molecular flexibility index (Phi) is 1.83. The fourth-order valence-electron chi connectivity index (χ4n) is 2.73. The summed E-state index contributed by atoms with van der Waals surface area (Å²) in [5, 5.41) is 7.22. The van der Waals surface area contributed by atoms with Gasteiger partial charge in [-0.2, -0.15) is 5.10 Å². The number of rotatable bonds is 2. The van der Waals surface area contributed by atoms with Crippen molar-refractivity contribution in [3.8, 4) is 0 Å². The van der Waals surface area contributed by atoms with Crippen LogP contribution in [-0.2, 0) is 6.54 Å². The van der Waals surface area contributed by atoms with Crippen LogP contribution in [0.2, 0.25) is 0 Å². The van der Waals surface area contributed by atoms with Crippen LogP contribution in [0.25, 0.3) is 0 Å². The molecule has 0 radical (unpaired) electrons. The fraction of sp³-hybridized carbons (Fsp3) is 0.727. The number of aromatic nitrogens is 2. The van der Waals surface area contributed by atoms with E-state index >= 15 is 0 Å². The molecular formula is C11H18N4. The van der Waals surface area contributed by atoms with Crippen LogP contribution in [0.4, 0.5) is 5.82 Å². The van der Waals surface area contributed by atoms with Crippen LogP contribution in [0.1, 0.15) is 44.0 Å². The molecule has 1 aromatic rings. The number of nitrogens with one attached hydrogen (secondary N) is 1. The van der Waals surface area contributed by atoms with Gasteiger partial charge in [0.2, 0.25) is 0 Å². The topological polar surface area (TPSA) is 57.9 Å². The molecule has 0 amide bonds. The number of hydrogen-bond donors (Lipinski definition) is 2. The minimum absolute atomic E-state index is 0.497. The summed E-state index contributed by atoms with van der Waals surface area (Å²) in [6.07, 6.45) is 2.70. The molecule has 4 nitrogen and oxygen atoms in total. The first-order valence-electron chi connectivity index (χ1n) is 5.77. The number of aromatic amines is 1. The highest BCUT2D eigenvalue weighted by Gasteiger charge is 2.42. The molecule has 3 N–H and O–H groups in total. The Morgan fingerprint density at radius 3 is 2.80 bits per heavy atom. The van der Waals surface area contributed by atoms with Crippen molar-refractivity contribution in [2.24, 2.45) is 5.92 Å². The maximum absolute atomic E-state index is 5.87. The Morgan fingerprint density at radius 2 is 2.20 bits per heavy atom. The minimum Gasteiger partial charge on any atom is -0.382 e. The van der Waals surface area contributed by atoms with Gasteiger partial charge in [-0.15, -0.1) is 0 Å². The van der Waals surface area contributed by atoms with Crippen LogP contribution in [0.15, 0.2) is 0 Å². The summed E-state index contributed by atoms with van der Waals surface area (Å²) in [5.74, 6) is 1.31. The first-order chi connectivity index (χ1) is 7.18. The molecule has 1 aliphatic carbocycles. The van der Waals surface area contributed by atoms with E-state index < -0.39 is 0 Å². The second-order valence-electron chi connectivity index (χ2n) is 5.09. The van der Waals surface area contributed by atoms with Crippen LogP contribution in [0.3, 0.4) is 0 Å². The zero-order valence-corrected chi connectivity index (χ0v) is 9.33. The normalized spacial score (nSPS) is 26.2. The molecule has 1 aliphatic heterocycles. The molecule has 1 saturated carbocycles. The number of nitrogen functional groups attached to an aromatic ring is 1. The van der Waals surface area contributed by atoms with Crippen molar-refractivity contribution in [1.29, 1.82) is 0 Å². The highest BCUT2D eigenvalue weighted by molar-refractivity contribution is 5.46. The third-order valence-corrected chi connectivity index (χ3v) is 3.57. The first kappa shape index (κ1) is 9.21. The average molecular weight is 206 g/mol. The molecule has 2 heterocycles. The average Bonchev–Trinajstić information content (AvgIpc) is 2.86. The fourth-order valence-corrected chi connectivity index (χ4v) is 2.73. The van der Waals surface area contributed by atoms with Crippen molar-refractivity contribution in [2.75, 3.05) is 5.73 Å². The van der Waals surface area contributed by atoms with Crippen molar-refractivity contribution in [2.45, 2.75) is 45.3 Å². The molecule has 0 bridgehead atoms. The number of nitrogens with zero attached hydrogens (tertiary/aromatic N) is 2. The third-order valence-electron chi connectivity index (χ3n) is 3.57. The summed E-state index contributed by atoms with van der Waals surface area (Å²) < 4.78 is 0. The highest BCUT2D eigenvalue weighted by atomic mass is 15.3. The SMILES string of the molecule is CC(C)C1c2[nH]nc(N)c2CN1C1CC1. The van der Waals surface area contributed by atoms with Gasteiger partial charge in [-0.25, -0.2) is 0 Å². The van der Waals surface area contributed by atoms with Gasteiger partial charge in [-0.3, -0.25) is 10.00 Å². The predicted molar refractivity (Wildman–Crippen MR) is 59.1 cm³/mol. The van der Waals surface area contributed by atoms with Gasteiger partial charge in [0.05, 0.1) is 11.7 Å². The lowest BCUT2D eigenvalue weighted by Crippen LogP contribution is -2.28. The molecule has 0 aromatic carbocycles. The van der Waals surface area contributed by atoms with E-state index in [9.17, 15) is 0 Å². The highest BCUT2D eigenvalue weighted by Crippen LogP contribution is 2.45. The van der Waals surface area contributed by atoms with Gasteiger partial charge in [0.25, 0.3) is 0 Å². The van der Waals surface area contributed by atoms with Gasteiger partial charge in [-0.05, 0) is 18.8 Å². The summed E-state index contributed by atoms with van der Waals surface area (Å²) >= 11 is 0. The van der Waals surface area contributed by atoms with Gasteiger partial charge in [0.1, 0.15) is 5.82 Å². The summed E-state index contributed by atoms with van der Waals surface area (Å²) in [6, 6.07) is 1.29. The summed E-state index contributed by atoms with van der Waals surface area (Å²) in [4.78, 5) is 2.59. The summed E-state index contributed by atoms with van der Waals surface area (Å²) in [6.45, 7) is 5.53. The maximum atomic E-state index is 5.87. The quantitative estimate of drug-likeness (QED) is 0.773. The maximum Gasteiger partial charge on any atom is 0.150 e. The molecule has 0 saturated heterocycles. The number of H-pyrrole nitrogens is 1.